The van der Waals surface area contributed by atoms with Crippen LogP contribution < -0.4 is 0 Å². The third-order valence-electron chi connectivity index (χ3n) is 16.5. The molecule has 6 atom stereocenters. The van der Waals surface area contributed by atoms with E-state index < -0.39 is 97.5 Å². The fourth-order valence-corrected chi connectivity index (χ4v) is 12.0. The van der Waals surface area contributed by atoms with Gasteiger partial charge in [0.05, 0.1) is 26.4 Å². The number of esters is 4. The fourth-order valence-electron chi connectivity index (χ4n) is 10.4. The van der Waals surface area contributed by atoms with Gasteiger partial charge < -0.3 is 33.8 Å². The Morgan fingerprint density at radius 1 is 0.352 bits per heavy atom. The van der Waals surface area contributed by atoms with Crippen molar-refractivity contribution in [3.8, 4) is 0 Å². The van der Waals surface area contributed by atoms with E-state index in [0.29, 0.717) is 25.7 Å². The van der Waals surface area contributed by atoms with Crippen molar-refractivity contribution in [1.82, 2.24) is 0 Å². The number of hydrogen-bond acceptors (Lipinski definition) is 15. The minimum Gasteiger partial charge on any atom is -0.462 e. The van der Waals surface area contributed by atoms with Crippen LogP contribution in [0, 0.1) is 5.92 Å². The van der Waals surface area contributed by atoms with Crippen LogP contribution in [0.1, 0.15) is 349 Å². The number of ether oxygens (including phenoxy) is 4. The van der Waals surface area contributed by atoms with E-state index in [0.717, 1.165) is 109 Å². The smallest absolute Gasteiger partial charge is 0.462 e. The Kier molecular flexibility index (Phi) is 63.1. The van der Waals surface area contributed by atoms with Crippen molar-refractivity contribution < 1.29 is 80.2 Å². The second kappa shape index (κ2) is 64.9. The first-order chi connectivity index (χ1) is 44.1. The van der Waals surface area contributed by atoms with Gasteiger partial charge in [0.15, 0.2) is 12.2 Å². The first-order valence-electron chi connectivity index (χ1n) is 37.0. The maximum atomic E-state index is 13.0. The van der Waals surface area contributed by atoms with Crippen molar-refractivity contribution in [2.45, 2.75) is 368 Å². The molecule has 0 fully saturated rings. The molecule has 91 heavy (non-hydrogen) atoms. The van der Waals surface area contributed by atoms with Crippen molar-refractivity contribution in [3.05, 3.63) is 24.3 Å². The number of carbonyl (C=O) groups is 4. The highest BCUT2D eigenvalue weighted by atomic mass is 31.2. The summed E-state index contributed by atoms with van der Waals surface area (Å²) < 4.78 is 68.3. The summed E-state index contributed by atoms with van der Waals surface area (Å²) in [6.07, 6.45) is 54.7. The van der Waals surface area contributed by atoms with Crippen LogP contribution in [0.4, 0.5) is 0 Å². The predicted octanol–water partition coefficient (Wildman–Crippen LogP) is 20.5. The molecule has 3 unspecified atom stereocenters. The number of carbonyl (C=O) groups excluding carboxylic acids is 4. The average Bonchev–Trinajstić information content (AvgIpc) is 3.71. The van der Waals surface area contributed by atoms with Gasteiger partial charge in [-0.2, -0.15) is 0 Å². The average molecular weight is 1340 g/mol. The molecule has 0 saturated carbocycles. The summed E-state index contributed by atoms with van der Waals surface area (Å²) in [5, 5.41) is 10.6. The van der Waals surface area contributed by atoms with Crippen LogP contribution in [0.15, 0.2) is 24.3 Å². The Labute approximate surface area is 554 Å². The van der Waals surface area contributed by atoms with Gasteiger partial charge in [-0.15, -0.1) is 0 Å². The fraction of sp³-hybridized carbons (Fsp3) is 0.889. The molecule has 0 aliphatic rings. The SMILES string of the molecule is CCCCCC/C=C\C=C/CCCCCCCC(=O)O[C@H](COC(=O)CCCCCCCCCCC(C)CC)COP(=O)(O)OC[C@@H](O)COP(=O)(O)OC[C@@H](COC(=O)CCCCCCCCCCCCCC)OC(=O)CCCCCCCCCCCCCC. The van der Waals surface area contributed by atoms with E-state index in [2.05, 4.69) is 58.9 Å². The lowest BCUT2D eigenvalue weighted by atomic mass is 9.99. The number of rotatable bonds is 70. The molecule has 0 aromatic carbocycles. The largest absolute Gasteiger partial charge is 0.472 e. The number of phosphoric ester groups is 2. The molecule has 0 heterocycles. The van der Waals surface area contributed by atoms with Gasteiger partial charge in [-0.05, 0) is 57.3 Å². The molecule has 3 N–H and O–H groups in total. The number of aliphatic hydroxyl groups excluding tert-OH is 1. The summed E-state index contributed by atoms with van der Waals surface area (Å²) in [5.74, 6) is -1.37. The van der Waals surface area contributed by atoms with Crippen LogP contribution in [0.25, 0.3) is 0 Å². The Bertz CT molecular complexity index is 1850. The third-order valence-corrected chi connectivity index (χ3v) is 18.4. The van der Waals surface area contributed by atoms with E-state index in [1.54, 1.807) is 0 Å². The lowest BCUT2D eigenvalue weighted by Crippen LogP contribution is -2.30. The zero-order valence-electron chi connectivity index (χ0n) is 58.5. The number of unbranched alkanes of at least 4 members (excludes halogenated alkanes) is 38. The van der Waals surface area contributed by atoms with Gasteiger partial charge in [0.2, 0.25) is 0 Å². The van der Waals surface area contributed by atoms with Crippen LogP contribution in [0.5, 0.6) is 0 Å². The number of hydrogen-bond donors (Lipinski definition) is 3. The Morgan fingerprint density at radius 2 is 0.615 bits per heavy atom. The Morgan fingerprint density at radius 3 is 0.934 bits per heavy atom. The highest BCUT2D eigenvalue weighted by molar-refractivity contribution is 7.47. The number of aliphatic hydroxyl groups is 1. The van der Waals surface area contributed by atoms with Crippen LogP contribution in [-0.2, 0) is 65.4 Å². The molecular formula is C72H136O17P2. The van der Waals surface area contributed by atoms with Crippen molar-refractivity contribution >= 4 is 39.5 Å². The molecule has 19 heteroatoms. The van der Waals surface area contributed by atoms with E-state index in [9.17, 15) is 43.2 Å². The minimum absolute atomic E-state index is 0.0848. The lowest BCUT2D eigenvalue weighted by Gasteiger charge is -2.21. The Hall–Kier alpha value is -2.46. The third kappa shape index (κ3) is 64.6. The standard InChI is InChI=1S/C72H136O17P2/c1-6-10-13-16-19-22-25-28-29-30-33-36-43-48-53-58-72(77)89-68(62-83-70(75)56-51-46-41-38-37-39-44-49-54-65(5)9-4)64-87-91(80,81)85-60-66(73)59-84-90(78,79)86-63-67(88-71(76)57-52-47-42-35-32-27-24-21-18-15-12-8-3)61-82-69(74)55-50-45-40-34-31-26-23-20-17-14-11-7-2/h22,25,28-29,65-68,73H,6-21,23-24,26-27,30-64H2,1-5H3,(H,78,79)(H,80,81)/b25-22-,29-28-/t65?,66-,67+,68+/m0/s1. The van der Waals surface area contributed by atoms with Crippen molar-refractivity contribution in [2.75, 3.05) is 39.6 Å². The summed E-state index contributed by atoms with van der Waals surface area (Å²) in [6, 6.07) is 0. The molecule has 0 aliphatic heterocycles. The summed E-state index contributed by atoms with van der Waals surface area (Å²) in [4.78, 5) is 72.6. The maximum absolute atomic E-state index is 13.0. The zero-order valence-corrected chi connectivity index (χ0v) is 60.3. The van der Waals surface area contributed by atoms with Crippen LogP contribution in [-0.4, -0.2) is 96.7 Å². The molecule has 0 spiro atoms. The van der Waals surface area contributed by atoms with Gasteiger partial charge in [0.1, 0.15) is 19.3 Å². The van der Waals surface area contributed by atoms with Gasteiger partial charge in [-0.3, -0.25) is 37.3 Å². The van der Waals surface area contributed by atoms with E-state index in [1.807, 2.05) is 0 Å². The predicted molar refractivity (Wildman–Crippen MR) is 368 cm³/mol. The highest BCUT2D eigenvalue weighted by Crippen LogP contribution is 2.45. The van der Waals surface area contributed by atoms with Crippen molar-refractivity contribution in [3.63, 3.8) is 0 Å². The highest BCUT2D eigenvalue weighted by Gasteiger charge is 2.30. The van der Waals surface area contributed by atoms with E-state index in [4.69, 9.17) is 37.0 Å². The lowest BCUT2D eigenvalue weighted by molar-refractivity contribution is -0.161. The summed E-state index contributed by atoms with van der Waals surface area (Å²) in [6.45, 7) is 7.19. The van der Waals surface area contributed by atoms with Gasteiger partial charge in [0.25, 0.3) is 0 Å². The first kappa shape index (κ1) is 88.5. The normalized spacial score (nSPS) is 14.5. The van der Waals surface area contributed by atoms with Gasteiger partial charge in [0, 0.05) is 25.7 Å². The Balaban J connectivity index is 5.30. The van der Waals surface area contributed by atoms with Crippen LogP contribution in [0.3, 0.4) is 0 Å². The zero-order chi connectivity index (χ0) is 67.0. The molecule has 0 aliphatic carbocycles. The number of phosphoric acid groups is 2. The van der Waals surface area contributed by atoms with Gasteiger partial charge in [-0.25, -0.2) is 9.13 Å². The minimum atomic E-state index is -4.96. The van der Waals surface area contributed by atoms with Gasteiger partial charge in [-0.1, -0.05) is 296 Å². The molecule has 0 radical (unpaired) electrons. The molecule has 0 bridgehead atoms. The molecule has 17 nitrogen and oxygen atoms in total. The topological polar surface area (TPSA) is 237 Å². The summed E-state index contributed by atoms with van der Waals surface area (Å²) in [7, 11) is -9.92. The number of allylic oxidation sites excluding steroid dienone is 4. The van der Waals surface area contributed by atoms with Crippen LogP contribution in [0.2, 0.25) is 0 Å². The maximum Gasteiger partial charge on any atom is 0.472 e. The monoisotopic (exact) mass is 1330 g/mol. The quantitative estimate of drug-likeness (QED) is 0.0169. The van der Waals surface area contributed by atoms with Crippen molar-refractivity contribution in [1.29, 1.82) is 0 Å². The van der Waals surface area contributed by atoms with E-state index in [-0.39, 0.29) is 25.7 Å². The summed E-state index contributed by atoms with van der Waals surface area (Å²) in [5.41, 5.74) is 0. The molecule has 0 saturated heterocycles. The second-order valence-electron chi connectivity index (χ2n) is 25.5. The van der Waals surface area contributed by atoms with Gasteiger partial charge >= 0.3 is 39.5 Å². The molecule has 536 valence electrons. The molecule has 0 aromatic rings. The van der Waals surface area contributed by atoms with Crippen LogP contribution >= 0.6 is 15.6 Å². The van der Waals surface area contributed by atoms with E-state index >= 15 is 0 Å². The van der Waals surface area contributed by atoms with Crippen molar-refractivity contribution in [2.24, 2.45) is 5.92 Å². The van der Waals surface area contributed by atoms with E-state index in [1.165, 1.54) is 161 Å². The molecule has 0 aromatic heterocycles. The molecular weight excluding hydrogens is 1200 g/mol. The first-order valence-corrected chi connectivity index (χ1v) is 40.0. The second-order valence-corrected chi connectivity index (χ2v) is 28.4. The molecule has 0 amide bonds. The molecule has 0 rings (SSSR count). The summed E-state index contributed by atoms with van der Waals surface area (Å²) >= 11 is 0.